The number of rotatable bonds is 6. The molecule has 1 fully saturated rings. The second-order valence-electron chi connectivity index (χ2n) is 7.54. The average molecular weight is 410 g/mol. The van der Waals surface area contributed by atoms with Crippen molar-refractivity contribution in [1.29, 1.82) is 0 Å². The Hall–Kier alpha value is -2.97. The Balaban J connectivity index is 1.64. The van der Waals surface area contributed by atoms with Gasteiger partial charge >= 0.3 is 0 Å². The van der Waals surface area contributed by atoms with E-state index in [4.69, 9.17) is 14.0 Å². The van der Waals surface area contributed by atoms with Crippen molar-refractivity contribution >= 4 is 17.0 Å². The van der Waals surface area contributed by atoms with Crippen LogP contribution in [0.2, 0.25) is 0 Å². The maximum absolute atomic E-state index is 13.2. The molecule has 30 heavy (non-hydrogen) atoms. The molecule has 4 rings (SSSR count). The number of amides is 1. The highest BCUT2D eigenvalue weighted by molar-refractivity contribution is 6.09. The summed E-state index contributed by atoms with van der Waals surface area (Å²) in [4.78, 5) is 19.9. The van der Waals surface area contributed by atoms with E-state index in [9.17, 15) is 4.79 Å². The summed E-state index contributed by atoms with van der Waals surface area (Å²) in [6, 6.07) is 9.26. The first-order valence-corrected chi connectivity index (χ1v) is 10.1. The van der Waals surface area contributed by atoms with Crippen LogP contribution in [0.1, 0.15) is 23.0 Å². The van der Waals surface area contributed by atoms with Gasteiger partial charge in [-0.1, -0.05) is 17.3 Å². The van der Waals surface area contributed by atoms with E-state index in [0.717, 1.165) is 38.4 Å². The highest BCUT2D eigenvalue weighted by Gasteiger charge is 2.23. The molecule has 0 radical (unpaired) electrons. The van der Waals surface area contributed by atoms with Crippen molar-refractivity contribution in [3.8, 4) is 17.0 Å². The van der Waals surface area contributed by atoms with Gasteiger partial charge in [-0.3, -0.25) is 9.69 Å². The zero-order valence-corrected chi connectivity index (χ0v) is 17.5. The van der Waals surface area contributed by atoms with Crippen LogP contribution in [0.5, 0.6) is 5.75 Å². The maximum atomic E-state index is 13.2. The molecule has 8 heteroatoms. The number of morpholine rings is 1. The largest absolute Gasteiger partial charge is 0.497 e. The molecular formula is C22H26N4O4. The van der Waals surface area contributed by atoms with Crippen molar-refractivity contribution in [3.63, 3.8) is 0 Å². The van der Waals surface area contributed by atoms with E-state index in [0.29, 0.717) is 33.8 Å². The van der Waals surface area contributed by atoms with Crippen molar-refractivity contribution in [3.05, 3.63) is 41.6 Å². The van der Waals surface area contributed by atoms with Crippen LogP contribution in [-0.2, 0) is 4.74 Å². The monoisotopic (exact) mass is 410 g/mol. The van der Waals surface area contributed by atoms with E-state index in [1.165, 1.54) is 0 Å². The minimum absolute atomic E-state index is 0.0146. The fourth-order valence-electron chi connectivity index (χ4n) is 3.74. The van der Waals surface area contributed by atoms with E-state index in [1.54, 1.807) is 13.2 Å². The third-order valence-electron chi connectivity index (χ3n) is 5.18. The number of nitrogens with zero attached hydrogens (tertiary/aromatic N) is 3. The van der Waals surface area contributed by atoms with E-state index in [2.05, 4.69) is 20.4 Å². The summed E-state index contributed by atoms with van der Waals surface area (Å²) in [6.07, 6.45) is 0. The molecule has 1 N–H and O–H groups in total. The molecule has 1 atom stereocenters. The number of aromatic nitrogens is 2. The maximum Gasteiger partial charge on any atom is 0.259 e. The Morgan fingerprint density at radius 3 is 2.87 bits per heavy atom. The predicted molar refractivity (Wildman–Crippen MR) is 113 cm³/mol. The van der Waals surface area contributed by atoms with Crippen LogP contribution in [0.15, 0.2) is 34.9 Å². The van der Waals surface area contributed by atoms with Crippen molar-refractivity contribution in [1.82, 2.24) is 20.4 Å². The lowest BCUT2D eigenvalue weighted by Crippen LogP contribution is -2.46. The lowest BCUT2D eigenvalue weighted by Gasteiger charge is -2.29. The first-order chi connectivity index (χ1) is 14.5. The highest BCUT2D eigenvalue weighted by atomic mass is 16.5. The Kier molecular flexibility index (Phi) is 5.96. The molecule has 1 aromatic carbocycles. The summed E-state index contributed by atoms with van der Waals surface area (Å²) in [6.45, 7) is 7.84. The minimum atomic E-state index is -0.168. The molecule has 0 aliphatic carbocycles. The summed E-state index contributed by atoms with van der Waals surface area (Å²) in [5.41, 5.74) is 2.92. The number of aryl methyl sites for hydroxylation is 1. The molecule has 8 nitrogen and oxygen atoms in total. The molecule has 1 aliphatic rings. The number of hydrogen-bond acceptors (Lipinski definition) is 7. The molecule has 1 saturated heterocycles. The lowest BCUT2D eigenvalue weighted by atomic mass is 10.0. The van der Waals surface area contributed by atoms with E-state index in [-0.39, 0.29) is 11.9 Å². The number of pyridine rings is 1. The molecule has 0 saturated carbocycles. The van der Waals surface area contributed by atoms with Crippen LogP contribution < -0.4 is 10.1 Å². The first-order valence-electron chi connectivity index (χ1n) is 10.1. The topological polar surface area (TPSA) is 89.7 Å². The Morgan fingerprint density at radius 1 is 1.30 bits per heavy atom. The summed E-state index contributed by atoms with van der Waals surface area (Å²) < 4.78 is 16.2. The third kappa shape index (κ3) is 4.29. The molecule has 2 aromatic heterocycles. The van der Waals surface area contributed by atoms with Crippen LogP contribution in [0.3, 0.4) is 0 Å². The second-order valence-corrected chi connectivity index (χ2v) is 7.54. The number of carbonyl (C=O) groups excluding carboxylic acids is 1. The number of carbonyl (C=O) groups is 1. The van der Waals surface area contributed by atoms with E-state index >= 15 is 0 Å². The van der Waals surface area contributed by atoms with E-state index < -0.39 is 0 Å². The zero-order chi connectivity index (χ0) is 21.1. The molecule has 1 amide bonds. The number of fused-ring (bicyclic) bond motifs is 1. The molecular weight excluding hydrogens is 384 g/mol. The van der Waals surface area contributed by atoms with Gasteiger partial charge in [0.15, 0.2) is 0 Å². The molecule has 3 aromatic rings. The van der Waals surface area contributed by atoms with Crippen LogP contribution >= 0.6 is 0 Å². The molecule has 0 spiro atoms. The van der Waals surface area contributed by atoms with Crippen LogP contribution in [0.25, 0.3) is 22.4 Å². The van der Waals surface area contributed by atoms with Gasteiger partial charge in [0.2, 0.25) is 0 Å². The Bertz CT molecular complexity index is 1040. The molecule has 0 bridgehead atoms. The van der Waals surface area contributed by atoms with Gasteiger partial charge in [-0.05, 0) is 32.0 Å². The average Bonchev–Trinajstić information content (AvgIpc) is 3.17. The lowest BCUT2D eigenvalue weighted by molar-refractivity contribution is 0.0342. The van der Waals surface area contributed by atoms with Gasteiger partial charge in [-0.15, -0.1) is 0 Å². The smallest absolute Gasteiger partial charge is 0.259 e. The second kappa shape index (κ2) is 8.81. The van der Waals surface area contributed by atoms with Gasteiger partial charge in [-0.25, -0.2) is 4.98 Å². The van der Waals surface area contributed by atoms with Crippen molar-refractivity contribution in [2.45, 2.75) is 19.9 Å². The van der Waals surface area contributed by atoms with Crippen LogP contribution in [-0.4, -0.2) is 66.9 Å². The SMILES string of the molecule is COc1cccc(-c2noc3nc(C)cc(C(=O)N[C@H](C)CN4CCOCC4)c23)c1. The normalized spacial score (nSPS) is 15.8. The van der Waals surface area contributed by atoms with Gasteiger partial charge in [0.25, 0.3) is 11.6 Å². The fourth-order valence-corrected chi connectivity index (χ4v) is 3.74. The zero-order valence-electron chi connectivity index (χ0n) is 17.5. The number of methoxy groups -OCH3 is 1. The summed E-state index contributed by atoms with van der Waals surface area (Å²) in [5, 5.41) is 7.92. The van der Waals surface area contributed by atoms with Crippen molar-refractivity contribution in [2.75, 3.05) is 40.0 Å². The Morgan fingerprint density at radius 2 is 2.10 bits per heavy atom. The summed E-state index contributed by atoms with van der Waals surface area (Å²) >= 11 is 0. The van der Waals surface area contributed by atoms with Gasteiger partial charge in [0.1, 0.15) is 11.4 Å². The molecule has 1 aliphatic heterocycles. The van der Waals surface area contributed by atoms with Crippen LogP contribution in [0.4, 0.5) is 0 Å². The highest BCUT2D eigenvalue weighted by Crippen LogP contribution is 2.32. The molecule has 3 heterocycles. The fraction of sp³-hybridized carbons (Fsp3) is 0.409. The minimum Gasteiger partial charge on any atom is -0.497 e. The van der Waals surface area contributed by atoms with Gasteiger partial charge < -0.3 is 19.3 Å². The summed E-state index contributed by atoms with van der Waals surface area (Å²) in [7, 11) is 1.61. The Labute approximate surface area is 175 Å². The first kappa shape index (κ1) is 20.3. The molecule has 0 unspecified atom stereocenters. The van der Waals surface area contributed by atoms with Gasteiger partial charge in [-0.2, -0.15) is 0 Å². The van der Waals surface area contributed by atoms with Crippen molar-refractivity contribution < 1.29 is 18.8 Å². The van der Waals surface area contributed by atoms with Gasteiger partial charge in [0.05, 0.1) is 31.3 Å². The predicted octanol–water partition coefficient (Wildman–Crippen LogP) is 2.66. The van der Waals surface area contributed by atoms with Gasteiger partial charge in [0, 0.05) is 36.9 Å². The molecule has 158 valence electrons. The number of nitrogens with one attached hydrogen (secondary N) is 1. The summed E-state index contributed by atoms with van der Waals surface area (Å²) in [5.74, 6) is 0.535. The van der Waals surface area contributed by atoms with Crippen LogP contribution in [0, 0.1) is 6.92 Å². The number of hydrogen-bond donors (Lipinski definition) is 1. The number of ether oxygens (including phenoxy) is 2. The number of benzene rings is 1. The standard InChI is InChI=1S/C22H26N4O4/c1-14-11-18(21(27)23-15(2)13-26-7-9-29-10-8-26)19-20(25-30-22(19)24-14)16-5-4-6-17(12-16)28-3/h4-6,11-12,15H,7-10,13H2,1-3H3,(H,23,27)/t15-/m1/s1. The van der Waals surface area contributed by atoms with Crippen molar-refractivity contribution in [2.24, 2.45) is 0 Å². The third-order valence-corrected chi connectivity index (χ3v) is 5.18. The van der Waals surface area contributed by atoms with E-state index in [1.807, 2.05) is 38.1 Å². The quantitative estimate of drug-likeness (QED) is 0.668.